The van der Waals surface area contributed by atoms with Gasteiger partial charge < -0.3 is 4.42 Å². The molecule has 1 aromatic heterocycles. The number of carbonyl (C=O) groups excluding carboxylic acids is 1. The van der Waals surface area contributed by atoms with Crippen molar-refractivity contribution in [2.24, 2.45) is 0 Å². The van der Waals surface area contributed by atoms with Gasteiger partial charge in [0.1, 0.15) is 5.76 Å². The number of halogens is 1. The summed E-state index contributed by atoms with van der Waals surface area (Å²) in [6.07, 6.45) is 1.61. The quantitative estimate of drug-likeness (QED) is 0.587. The molecule has 0 saturated heterocycles. The fourth-order valence-corrected chi connectivity index (χ4v) is 0.648. The first-order valence-electron chi connectivity index (χ1n) is 2.39. The van der Waals surface area contributed by atoms with E-state index in [2.05, 4.69) is 0 Å². The van der Waals surface area contributed by atoms with Crippen LogP contribution in [-0.2, 0) is 10.7 Å². The molecule has 0 aliphatic rings. The molecule has 0 unspecified atom stereocenters. The van der Waals surface area contributed by atoms with Gasteiger partial charge in [-0.3, -0.25) is 4.79 Å². The standard InChI is InChI=1S/C6H4ClO2/c7-3-5-1-2-6(4-8)9-5/h1-2H,3H2. The minimum absolute atomic E-state index is 0.200. The second-order valence-corrected chi connectivity index (χ2v) is 1.77. The van der Waals surface area contributed by atoms with Crippen LogP contribution < -0.4 is 0 Å². The van der Waals surface area contributed by atoms with E-state index in [4.69, 9.17) is 16.0 Å². The molecule has 47 valence electrons. The Morgan fingerprint density at radius 1 is 1.67 bits per heavy atom. The van der Waals surface area contributed by atoms with E-state index in [9.17, 15) is 4.79 Å². The Morgan fingerprint density at radius 2 is 2.44 bits per heavy atom. The van der Waals surface area contributed by atoms with Crippen LogP contribution in [0.3, 0.4) is 0 Å². The van der Waals surface area contributed by atoms with Crippen molar-refractivity contribution in [2.75, 3.05) is 0 Å². The molecule has 1 heterocycles. The van der Waals surface area contributed by atoms with E-state index in [-0.39, 0.29) is 5.76 Å². The summed E-state index contributed by atoms with van der Waals surface area (Å²) < 4.78 is 4.83. The molecule has 0 aliphatic carbocycles. The predicted octanol–water partition coefficient (Wildman–Crippen LogP) is 1.48. The Labute approximate surface area is 57.4 Å². The Morgan fingerprint density at radius 3 is 2.78 bits per heavy atom. The van der Waals surface area contributed by atoms with Gasteiger partial charge in [0.25, 0.3) is 6.29 Å². The summed E-state index contributed by atoms with van der Waals surface area (Å²) in [5, 5.41) is 0. The minimum atomic E-state index is 0.200. The Bertz CT molecular complexity index is 205. The van der Waals surface area contributed by atoms with E-state index in [1.54, 1.807) is 12.4 Å². The maximum Gasteiger partial charge on any atom is 0.271 e. The first kappa shape index (κ1) is 6.36. The Hall–Kier alpha value is -0.760. The van der Waals surface area contributed by atoms with Gasteiger partial charge >= 0.3 is 0 Å². The van der Waals surface area contributed by atoms with E-state index in [0.717, 1.165) is 0 Å². The lowest BCUT2D eigenvalue weighted by Gasteiger charge is -1.80. The van der Waals surface area contributed by atoms with Crippen LogP contribution in [0.2, 0.25) is 0 Å². The molecule has 1 rings (SSSR count). The molecule has 1 radical (unpaired) electrons. The average molecular weight is 144 g/mol. The second-order valence-electron chi connectivity index (χ2n) is 1.50. The summed E-state index contributed by atoms with van der Waals surface area (Å²) in [6, 6.07) is 3.18. The maximum atomic E-state index is 9.87. The number of hydrogen-bond acceptors (Lipinski definition) is 2. The summed E-state index contributed by atoms with van der Waals surface area (Å²) in [7, 11) is 0. The summed E-state index contributed by atoms with van der Waals surface area (Å²) in [6.45, 7) is 0. The van der Waals surface area contributed by atoms with Crippen LogP contribution >= 0.6 is 11.6 Å². The maximum absolute atomic E-state index is 9.87. The summed E-state index contributed by atoms with van der Waals surface area (Å²) in [4.78, 5) is 9.87. The third-order valence-corrected chi connectivity index (χ3v) is 1.16. The first-order chi connectivity index (χ1) is 4.36. The van der Waals surface area contributed by atoms with Gasteiger partial charge in [0.15, 0.2) is 5.76 Å². The summed E-state index contributed by atoms with van der Waals surface area (Å²) in [5.74, 6) is 1.09. The van der Waals surface area contributed by atoms with Gasteiger partial charge in [-0.15, -0.1) is 11.6 Å². The molecule has 0 atom stereocenters. The molecule has 0 fully saturated rings. The molecule has 3 heteroatoms. The van der Waals surface area contributed by atoms with Crippen molar-refractivity contribution in [1.82, 2.24) is 0 Å². The molecule has 0 amide bonds. The fraction of sp³-hybridized carbons (Fsp3) is 0.167. The van der Waals surface area contributed by atoms with Gasteiger partial charge in [0.05, 0.1) is 5.88 Å². The van der Waals surface area contributed by atoms with E-state index >= 15 is 0 Å². The predicted molar refractivity (Wildman–Crippen MR) is 33.1 cm³/mol. The first-order valence-corrected chi connectivity index (χ1v) is 2.93. The molecule has 1 aromatic rings. The zero-order valence-corrected chi connectivity index (χ0v) is 5.31. The minimum Gasteiger partial charge on any atom is -0.456 e. The van der Waals surface area contributed by atoms with Gasteiger partial charge in [0, 0.05) is 0 Å². The second kappa shape index (κ2) is 2.69. The highest BCUT2D eigenvalue weighted by Crippen LogP contribution is 2.07. The van der Waals surface area contributed by atoms with E-state index in [0.29, 0.717) is 11.6 Å². The van der Waals surface area contributed by atoms with Crippen molar-refractivity contribution in [2.45, 2.75) is 5.88 Å². The summed E-state index contributed by atoms with van der Waals surface area (Å²) >= 11 is 5.37. The zero-order valence-electron chi connectivity index (χ0n) is 4.56. The van der Waals surface area contributed by atoms with E-state index < -0.39 is 0 Å². The Balaban J connectivity index is 2.86. The number of hydrogen-bond donors (Lipinski definition) is 0. The average Bonchev–Trinajstić information content (AvgIpc) is 2.34. The van der Waals surface area contributed by atoms with Crippen LogP contribution in [0.1, 0.15) is 11.5 Å². The lowest BCUT2D eigenvalue weighted by molar-refractivity contribution is 0.497. The smallest absolute Gasteiger partial charge is 0.271 e. The van der Waals surface area contributed by atoms with Crippen LogP contribution in [0.25, 0.3) is 0 Å². The van der Waals surface area contributed by atoms with Crippen LogP contribution in [-0.4, -0.2) is 6.29 Å². The van der Waals surface area contributed by atoms with Gasteiger partial charge in [0.2, 0.25) is 0 Å². The molecule has 0 aromatic carbocycles. The molecule has 0 spiro atoms. The molecular weight excluding hydrogens is 140 g/mol. The monoisotopic (exact) mass is 143 g/mol. The topological polar surface area (TPSA) is 30.2 Å². The van der Waals surface area contributed by atoms with Gasteiger partial charge in [-0.2, -0.15) is 0 Å². The van der Waals surface area contributed by atoms with Crippen LogP contribution in [0.4, 0.5) is 0 Å². The molecule has 9 heavy (non-hydrogen) atoms. The van der Waals surface area contributed by atoms with Crippen LogP contribution in [0.15, 0.2) is 16.5 Å². The third kappa shape index (κ3) is 1.33. The summed E-state index contributed by atoms with van der Waals surface area (Å²) in [5.41, 5.74) is 0. The third-order valence-electron chi connectivity index (χ3n) is 0.894. The van der Waals surface area contributed by atoms with Gasteiger partial charge in [-0.05, 0) is 12.1 Å². The molecule has 0 saturated carbocycles. The van der Waals surface area contributed by atoms with Crippen molar-refractivity contribution in [3.05, 3.63) is 23.7 Å². The van der Waals surface area contributed by atoms with Crippen molar-refractivity contribution < 1.29 is 9.21 Å². The van der Waals surface area contributed by atoms with Crippen molar-refractivity contribution in [1.29, 1.82) is 0 Å². The lowest BCUT2D eigenvalue weighted by Crippen LogP contribution is -1.70. The van der Waals surface area contributed by atoms with E-state index in [1.165, 1.54) is 6.07 Å². The number of rotatable bonds is 2. The highest BCUT2D eigenvalue weighted by atomic mass is 35.5. The van der Waals surface area contributed by atoms with Crippen LogP contribution in [0.5, 0.6) is 0 Å². The van der Waals surface area contributed by atoms with Gasteiger partial charge in [-0.25, -0.2) is 0 Å². The van der Waals surface area contributed by atoms with Crippen molar-refractivity contribution in [3.8, 4) is 0 Å². The number of furan rings is 1. The molecule has 2 nitrogen and oxygen atoms in total. The zero-order chi connectivity index (χ0) is 6.69. The molecule has 0 N–H and O–H groups in total. The largest absolute Gasteiger partial charge is 0.456 e. The Kier molecular flexibility index (Phi) is 1.90. The molecule has 0 bridgehead atoms. The highest BCUT2D eigenvalue weighted by Gasteiger charge is 1.97. The van der Waals surface area contributed by atoms with Crippen molar-refractivity contribution >= 4 is 17.9 Å². The number of alkyl halides is 1. The molecule has 0 aliphatic heterocycles. The normalized spacial score (nSPS) is 9.44. The van der Waals surface area contributed by atoms with Gasteiger partial charge in [-0.1, -0.05) is 0 Å². The SMILES string of the molecule is O=[C]c1ccc(CCl)o1. The highest BCUT2D eigenvalue weighted by molar-refractivity contribution is 6.16. The van der Waals surface area contributed by atoms with E-state index in [1.807, 2.05) is 0 Å². The molecular formula is C6H4ClO2. The fourth-order valence-electron chi connectivity index (χ4n) is 0.505. The van der Waals surface area contributed by atoms with Crippen LogP contribution in [0, 0.1) is 0 Å². The van der Waals surface area contributed by atoms with Crippen molar-refractivity contribution in [3.63, 3.8) is 0 Å². The lowest BCUT2D eigenvalue weighted by atomic mass is 10.4.